The second-order valence-corrected chi connectivity index (χ2v) is 5.56. The van der Waals surface area contributed by atoms with Crippen molar-refractivity contribution in [2.24, 2.45) is 0 Å². The van der Waals surface area contributed by atoms with Gasteiger partial charge >= 0.3 is 0 Å². The fourth-order valence-electron chi connectivity index (χ4n) is 2.39. The van der Waals surface area contributed by atoms with E-state index in [1.165, 1.54) is 39.2 Å². The molecule has 0 heterocycles. The van der Waals surface area contributed by atoms with E-state index in [1.54, 1.807) is 12.1 Å². The molecule has 0 saturated carbocycles. The molecule has 0 spiro atoms. The number of benzene rings is 1. The zero-order valence-electron chi connectivity index (χ0n) is 13.4. The molecule has 1 aromatic rings. The van der Waals surface area contributed by atoms with Gasteiger partial charge in [-0.25, -0.2) is 0 Å². The number of methoxy groups -OCH3 is 1. The third kappa shape index (κ3) is 7.16. The summed E-state index contributed by atoms with van der Waals surface area (Å²) >= 11 is 0. The first-order chi connectivity index (χ1) is 10.2. The van der Waals surface area contributed by atoms with Crippen LogP contribution in [0.15, 0.2) is 18.2 Å². The molecule has 0 aliphatic carbocycles. The van der Waals surface area contributed by atoms with Crippen molar-refractivity contribution in [2.45, 2.75) is 64.7 Å². The van der Waals surface area contributed by atoms with Crippen LogP contribution in [0.2, 0.25) is 0 Å². The third-order valence-corrected chi connectivity index (χ3v) is 3.75. The fourth-order valence-corrected chi connectivity index (χ4v) is 2.39. The summed E-state index contributed by atoms with van der Waals surface area (Å²) in [6.07, 6.45) is 9.26. The van der Waals surface area contributed by atoms with Crippen molar-refractivity contribution in [3.05, 3.63) is 23.8 Å². The lowest BCUT2D eigenvalue weighted by molar-refractivity contribution is -0.119. The predicted octanol–water partition coefficient (Wildman–Crippen LogP) is 4.65. The second kappa shape index (κ2) is 10.3. The predicted molar refractivity (Wildman–Crippen MR) is 86.0 cm³/mol. The summed E-state index contributed by atoms with van der Waals surface area (Å²) in [4.78, 5) is 11.8. The maximum Gasteiger partial charge on any atom is 0.160 e. The number of ketones is 1. The number of aryl methyl sites for hydroxylation is 1. The summed E-state index contributed by atoms with van der Waals surface area (Å²) in [6.45, 7) is 2.21. The molecule has 1 rings (SSSR count). The SMILES string of the molecule is CCCCCCCCC(=O)CCc1ccc(O)c(OC)c1. The molecular formula is C18H28O3. The molecule has 0 atom stereocenters. The molecule has 0 bridgehead atoms. The number of phenolic OH excluding ortho intramolecular Hbond substituents is 1. The van der Waals surface area contributed by atoms with Gasteiger partial charge in [0.05, 0.1) is 7.11 Å². The second-order valence-electron chi connectivity index (χ2n) is 5.56. The van der Waals surface area contributed by atoms with Crippen LogP contribution in [0.25, 0.3) is 0 Å². The van der Waals surface area contributed by atoms with Crippen molar-refractivity contribution in [3.8, 4) is 11.5 Å². The van der Waals surface area contributed by atoms with Crippen molar-refractivity contribution in [2.75, 3.05) is 7.11 Å². The van der Waals surface area contributed by atoms with Gasteiger partial charge in [-0.15, -0.1) is 0 Å². The van der Waals surface area contributed by atoms with Crippen molar-refractivity contribution in [1.29, 1.82) is 0 Å². The molecule has 1 aromatic carbocycles. The monoisotopic (exact) mass is 292 g/mol. The first-order valence-corrected chi connectivity index (χ1v) is 8.05. The van der Waals surface area contributed by atoms with E-state index in [9.17, 15) is 9.90 Å². The molecule has 118 valence electrons. The Morgan fingerprint density at radius 1 is 1.10 bits per heavy atom. The first-order valence-electron chi connectivity index (χ1n) is 8.05. The summed E-state index contributed by atoms with van der Waals surface area (Å²) in [5.74, 6) is 0.938. The minimum Gasteiger partial charge on any atom is -0.504 e. The summed E-state index contributed by atoms with van der Waals surface area (Å²) in [6, 6.07) is 5.26. The molecule has 0 radical (unpaired) electrons. The van der Waals surface area contributed by atoms with Crippen LogP contribution in [0.3, 0.4) is 0 Å². The number of unbranched alkanes of at least 4 members (excludes halogenated alkanes) is 5. The highest BCUT2D eigenvalue weighted by atomic mass is 16.5. The number of Topliss-reactive ketones (excluding diaryl/α,β-unsaturated/α-hetero) is 1. The summed E-state index contributed by atoms with van der Waals surface area (Å²) in [5, 5.41) is 9.53. The Morgan fingerprint density at radius 3 is 2.52 bits per heavy atom. The lowest BCUT2D eigenvalue weighted by atomic mass is 10.0. The quantitative estimate of drug-likeness (QED) is 0.604. The Hall–Kier alpha value is -1.51. The van der Waals surface area contributed by atoms with E-state index in [0.717, 1.165) is 12.0 Å². The largest absolute Gasteiger partial charge is 0.504 e. The van der Waals surface area contributed by atoms with Gasteiger partial charge in [0.1, 0.15) is 5.78 Å². The molecule has 0 aromatic heterocycles. The number of aromatic hydroxyl groups is 1. The maximum absolute atomic E-state index is 11.8. The highest BCUT2D eigenvalue weighted by Gasteiger charge is 2.06. The summed E-state index contributed by atoms with van der Waals surface area (Å²) in [7, 11) is 1.53. The molecule has 3 heteroatoms. The van der Waals surface area contributed by atoms with Gasteiger partial charge in [-0.3, -0.25) is 4.79 Å². The van der Waals surface area contributed by atoms with Gasteiger partial charge in [0, 0.05) is 12.8 Å². The molecule has 0 aliphatic heterocycles. The van der Waals surface area contributed by atoms with Gasteiger partial charge in [-0.1, -0.05) is 45.1 Å². The van der Waals surface area contributed by atoms with E-state index in [0.29, 0.717) is 30.8 Å². The smallest absolute Gasteiger partial charge is 0.160 e. The van der Waals surface area contributed by atoms with Crippen molar-refractivity contribution in [3.63, 3.8) is 0 Å². The number of phenols is 1. The van der Waals surface area contributed by atoms with E-state index in [1.807, 2.05) is 6.07 Å². The average Bonchev–Trinajstić information content (AvgIpc) is 2.50. The van der Waals surface area contributed by atoms with Crippen LogP contribution in [-0.4, -0.2) is 18.0 Å². The van der Waals surface area contributed by atoms with E-state index in [-0.39, 0.29) is 5.75 Å². The van der Waals surface area contributed by atoms with Crippen LogP contribution in [0.1, 0.15) is 63.9 Å². The Kier molecular flexibility index (Phi) is 8.56. The zero-order valence-corrected chi connectivity index (χ0v) is 13.4. The number of carbonyl (C=O) groups excluding carboxylic acids is 1. The van der Waals surface area contributed by atoms with Crippen LogP contribution in [0, 0.1) is 0 Å². The highest BCUT2D eigenvalue weighted by Crippen LogP contribution is 2.26. The van der Waals surface area contributed by atoms with E-state index >= 15 is 0 Å². The molecule has 0 saturated heterocycles. The van der Waals surface area contributed by atoms with Crippen LogP contribution in [-0.2, 0) is 11.2 Å². The minimum atomic E-state index is 0.139. The van der Waals surface area contributed by atoms with Crippen molar-refractivity contribution in [1.82, 2.24) is 0 Å². The molecule has 0 fully saturated rings. The van der Waals surface area contributed by atoms with E-state index in [4.69, 9.17) is 4.74 Å². The van der Waals surface area contributed by atoms with Gasteiger partial charge in [0.2, 0.25) is 0 Å². The number of hydrogen-bond donors (Lipinski definition) is 1. The molecule has 0 unspecified atom stereocenters. The molecule has 3 nitrogen and oxygen atoms in total. The Bertz CT molecular complexity index is 426. The molecule has 0 aliphatic rings. The number of carbonyl (C=O) groups is 1. The standard InChI is InChI=1S/C18H28O3/c1-3-4-5-6-7-8-9-16(19)12-10-15-11-13-17(20)18(14-15)21-2/h11,13-14,20H,3-10,12H2,1-2H3. The van der Waals surface area contributed by atoms with E-state index in [2.05, 4.69) is 6.92 Å². The summed E-state index contributed by atoms with van der Waals surface area (Å²) < 4.78 is 5.07. The zero-order chi connectivity index (χ0) is 15.5. The normalized spacial score (nSPS) is 10.6. The van der Waals surface area contributed by atoms with Gasteiger partial charge in [0.25, 0.3) is 0 Å². The Morgan fingerprint density at radius 2 is 1.81 bits per heavy atom. The lowest BCUT2D eigenvalue weighted by Crippen LogP contribution is -2.00. The van der Waals surface area contributed by atoms with Crippen LogP contribution in [0.5, 0.6) is 11.5 Å². The van der Waals surface area contributed by atoms with Gasteiger partial charge in [-0.2, -0.15) is 0 Å². The number of rotatable bonds is 11. The summed E-state index contributed by atoms with van der Waals surface area (Å²) in [5.41, 5.74) is 1.03. The minimum absolute atomic E-state index is 0.139. The van der Waals surface area contributed by atoms with Crippen LogP contribution in [0.4, 0.5) is 0 Å². The molecular weight excluding hydrogens is 264 g/mol. The topological polar surface area (TPSA) is 46.5 Å². The number of hydrogen-bond acceptors (Lipinski definition) is 3. The van der Waals surface area contributed by atoms with Crippen molar-refractivity contribution < 1.29 is 14.6 Å². The lowest BCUT2D eigenvalue weighted by Gasteiger charge is -2.06. The molecule has 0 amide bonds. The first kappa shape index (κ1) is 17.5. The highest BCUT2D eigenvalue weighted by molar-refractivity contribution is 5.78. The van der Waals surface area contributed by atoms with Gasteiger partial charge in [-0.05, 0) is 30.5 Å². The maximum atomic E-state index is 11.8. The van der Waals surface area contributed by atoms with E-state index < -0.39 is 0 Å². The average molecular weight is 292 g/mol. The Labute approximate surface area is 128 Å². The number of ether oxygens (including phenoxy) is 1. The van der Waals surface area contributed by atoms with Crippen LogP contribution >= 0.6 is 0 Å². The third-order valence-electron chi connectivity index (χ3n) is 3.75. The van der Waals surface area contributed by atoms with Crippen molar-refractivity contribution >= 4 is 5.78 Å². The van der Waals surface area contributed by atoms with Gasteiger partial charge in [0.15, 0.2) is 11.5 Å². The molecule has 1 N–H and O–H groups in total. The van der Waals surface area contributed by atoms with Gasteiger partial charge < -0.3 is 9.84 Å². The van der Waals surface area contributed by atoms with Crippen LogP contribution < -0.4 is 4.74 Å². The Balaban J connectivity index is 2.21. The fraction of sp³-hybridized carbons (Fsp3) is 0.611. The molecule has 21 heavy (non-hydrogen) atoms.